The van der Waals surface area contributed by atoms with Crippen molar-refractivity contribution in [1.29, 1.82) is 5.26 Å². The van der Waals surface area contributed by atoms with Crippen molar-refractivity contribution in [3.8, 4) is 6.07 Å². The van der Waals surface area contributed by atoms with E-state index < -0.39 is 5.25 Å². The molecule has 1 aliphatic carbocycles. The Morgan fingerprint density at radius 1 is 1.20 bits per heavy atom. The lowest BCUT2D eigenvalue weighted by Crippen LogP contribution is -2.31. The molecule has 0 spiro atoms. The van der Waals surface area contributed by atoms with Crippen molar-refractivity contribution in [1.82, 2.24) is 4.98 Å². The van der Waals surface area contributed by atoms with Crippen molar-refractivity contribution in [3.05, 3.63) is 53.2 Å². The summed E-state index contributed by atoms with van der Waals surface area (Å²) in [6, 6.07) is 13.0. The number of pyridine rings is 1. The van der Waals surface area contributed by atoms with Crippen LogP contribution in [0, 0.1) is 11.3 Å². The number of nitrogens with zero attached hydrogens (tertiary/aromatic N) is 3. The van der Waals surface area contributed by atoms with Crippen molar-refractivity contribution in [2.75, 3.05) is 4.90 Å². The van der Waals surface area contributed by atoms with Crippen molar-refractivity contribution in [3.63, 3.8) is 0 Å². The second-order valence-corrected chi connectivity index (χ2v) is 7.32. The number of amides is 2. The van der Waals surface area contributed by atoms with Crippen molar-refractivity contribution in [2.45, 2.75) is 36.0 Å². The summed E-state index contributed by atoms with van der Waals surface area (Å²) in [5, 5.41) is 9.43. The Bertz CT molecular complexity index is 905. The first-order chi connectivity index (χ1) is 12.2. The van der Waals surface area contributed by atoms with E-state index in [0.717, 1.165) is 30.5 Å². The van der Waals surface area contributed by atoms with Gasteiger partial charge in [0, 0.05) is 12.1 Å². The average molecular weight is 349 g/mol. The molecule has 0 bridgehead atoms. The summed E-state index contributed by atoms with van der Waals surface area (Å²) in [5.74, 6) is -0.458. The van der Waals surface area contributed by atoms with E-state index in [1.54, 1.807) is 24.3 Å². The Morgan fingerprint density at radius 3 is 2.76 bits per heavy atom. The first kappa shape index (κ1) is 15.9. The molecular weight excluding hydrogens is 334 g/mol. The highest BCUT2D eigenvalue weighted by Crippen LogP contribution is 2.36. The smallest absolute Gasteiger partial charge is 0.247 e. The molecule has 0 unspecified atom stereocenters. The second kappa shape index (κ2) is 6.34. The van der Waals surface area contributed by atoms with Gasteiger partial charge in [0.05, 0.1) is 16.5 Å². The zero-order valence-corrected chi connectivity index (χ0v) is 14.3. The van der Waals surface area contributed by atoms with Gasteiger partial charge in [-0.25, -0.2) is 9.88 Å². The van der Waals surface area contributed by atoms with E-state index in [4.69, 9.17) is 0 Å². The molecule has 2 heterocycles. The van der Waals surface area contributed by atoms with Crippen LogP contribution < -0.4 is 4.90 Å². The van der Waals surface area contributed by atoms with Crippen molar-refractivity contribution < 1.29 is 9.59 Å². The number of hydrogen-bond acceptors (Lipinski definition) is 5. The van der Waals surface area contributed by atoms with Crippen LogP contribution in [-0.2, 0) is 22.4 Å². The summed E-state index contributed by atoms with van der Waals surface area (Å²) in [4.78, 5) is 30.9. The summed E-state index contributed by atoms with van der Waals surface area (Å²) in [7, 11) is 0. The second-order valence-electron chi connectivity index (χ2n) is 6.13. The molecule has 1 aromatic heterocycles. The van der Waals surface area contributed by atoms with Gasteiger partial charge in [-0.05, 0) is 43.0 Å². The number of carbonyl (C=O) groups is 2. The first-order valence-electron chi connectivity index (χ1n) is 8.19. The fourth-order valence-corrected chi connectivity index (χ4v) is 4.40. The van der Waals surface area contributed by atoms with Gasteiger partial charge in [-0.15, -0.1) is 0 Å². The molecule has 1 saturated heterocycles. The van der Waals surface area contributed by atoms with Crippen LogP contribution in [0.5, 0.6) is 0 Å². The predicted octanol–water partition coefficient (Wildman–Crippen LogP) is 2.87. The number of aryl methyl sites for hydroxylation is 2. The van der Waals surface area contributed by atoms with Crippen LogP contribution in [0.1, 0.15) is 29.7 Å². The first-order valence-corrected chi connectivity index (χ1v) is 9.06. The van der Waals surface area contributed by atoms with Crippen molar-refractivity contribution >= 4 is 29.3 Å². The number of rotatable bonds is 3. The number of imide groups is 1. The summed E-state index contributed by atoms with van der Waals surface area (Å²) in [5.41, 5.74) is 3.21. The molecule has 1 aromatic carbocycles. The Hall–Kier alpha value is -2.65. The van der Waals surface area contributed by atoms with Gasteiger partial charge in [-0.3, -0.25) is 9.59 Å². The van der Waals surface area contributed by atoms with Crippen LogP contribution in [-0.4, -0.2) is 22.0 Å². The number of hydrogen-bond donors (Lipinski definition) is 0. The lowest BCUT2D eigenvalue weighted by Gasteiger charge is -2.15. The van der Waals surface area contributed by atoms with Gasteiger partial charge in [-0.2, -0.15) is 5.26 Å². The van der Waals surface area contributed by atoms with Crippen LogP contribution >= 0.6 is 11.8 Å². The molecule has 2 amide bonds. The van der Waals surface area contributed by atoms with Crippen LogP contribution in [0.3, 0.4) is 0 Å². The van der Waals surface area contributed by atoms with Gasteiger partial charge >= 0.3 is 0 Å². The van der Waals surface area contributed by atoms with E-state index in [2.05, 4.69) is 11.1 Å². The third-order valence-electron chi connectivity index (χ3n) is 4.51. The van der Waals surface area contributed by atoms with E-state index in [1.807, 2.05) is 12.1 Å². The van der Waals surface area contributed by atoms with Crippen LogP contribution in [0.2, 0.25) is 0 Å². The number of thioether (sulfide) groups is 1. The van der Waals surface area contributed by atoms with E-state index >= 15 is 0 Å². The number of benzene rings is 1. The summed E-state index contributed by atoms with van der Waals surface area (Å²) in [6.07, 6.45) is 3.03. The van der Waals surface area contributed by atoms with Gasteiger partial charge in [0.1, 0.15) is 11.1 Å². The zero-order chi connectivity index (χ0) is 17.4. The normalized spacial score (nSPS) is 19.2. The average Bonchev–Trinajstić information content (AvgIpc) is 3.19. The quantitative estimate of drug-likeness (QED) is 0.797. The minimum atomic E-state index is -0.535. The third-order valence-corrected chi connectivity index (χ3v) is 5.70. The Labute approximate surface area is 149 Å². The molecule has 1 aliphatic heterocycles. The molecule has 0 saturated carbocycles. The Morgan fingerprint density at radius 2 is 2.00 bits per heavy atom. The Kier molecular flexibility index (Phi) is 4.02. The van der Waals surface area contributed by atoms with E-state index in [0.29, 0.717) is 16.3 Å². The SMILES string of the molecule is N#Cc1cc2c(nc1S[C@H]1CC(=O)N(c3ccccc3)C1=O)CCC2. The summed E-state index contributed by atoms with van der Waals surface area (Å²) < 4.78 is 0. The lowest BCUT2D eigenvalue weighted by molar-refractivity contribution is -0.121. The zero-order valence-electron chi connectivity index (χ0n) is 13.4. The number of aromatic nitrogens is 1. The minimum Gasteiger partial charge on any atom is -0.274 e. The number of carbonyl (C=O) groups excluding carboxylic acids is 2. The maximum absolute atomic E-state index is 12.7. The topological polar surface area (TPSA) is 74.1 Å². The number of nitriles is 1. The molecule has 0 N–H and O–H groups in total. The largest absolute Gasteiger partial charge is 0.274 e. The molecule has 2 aliphatic rings. The van der Waals surface area contributed by atoms with Gasteiger partial charge in [0.15, 0.2) is 0 Å². The van der Waals surface area contributed by atoms with Gasteiger partial charge in [0.2, 0.25) is 11.8 Å². The van der Waals surface area contributed by atoms with Gasteiger partial charge < -0.3 is 0 Å². The molecule has 1 atom stereocenters. The number of para-hydroxylation sites is 1. The molecular formula is C19H15N3O2S. The summed E-state index contributed by atoms with van der Waals surface area (Å²) >= 11 is 1.23. The van der Waals surface area contributed by atoms with E-state index in [1.165, 1.54) is 16.7 Å². The Balaban J connectivity index is 1.61. The van der Waals surface area contributed by atoms with Gasteiger partial charge in [0.25, 0.3) is 0 Å². The number of fused-ring (bicyclic) bond motifs is 1. The monoisotopic (exact) mass is 349 g/mol. The van der Waals surface area contributed by atoms with Crippen LogP contribution in [0.4, 0.5) is 5.69 Å². The predicted molar refractivity (Wildman–Crippen MR) is 94.2 cm³/mol. The van der Waals surface area contributed by atoms with E-state index in [-0.39, 0.29) is 18.2 Å². The molecule has 0 radical (unpaired) electrons. The van der Waals surface area contributed by atoms with Crippen LogP contribution in [0.15, 0.2) is 41.4 Å². The highest BCUT2D eigenvalue weighted by atomic mass is 32.2. The third kappa shape index (κ3) is 2.81. The molecule has 25 heavy (non-hydrogen) atoms. The molecule has 2 aromatic rings. The summed E-state index contributed by atoms with van der Waals surface area (Å²) in [6.45, 7) is 0. The molecule has 6 heteroatoms. The maximum atomic E-state index is 12.7. The van der Waals surface area contributed by atoms with E-state index in [9.17, 15) is 14.9 Å². The van der Waals surface area contributed by atoms with Gasteiger partial charge in [-0.1, -0.05) is 30.0 Å². The maximum Gasteiger partial charge on any atom is 0.247 e. The fraction of sp³-hybridized carbons (Fsp3) is 0.263. The standard InChI is InChI=1S/C19H15N3O2S/c20-11-13-9-12-5-4-8-15(12)21-18(13)25-16-10-17(23)22(19(16)24)14-6-2-1-3-7-14/h1-3,6-7,9,16H,4-5,8,10H2/t16-/m0/s1. The fourth-order valence-electron chi connectivity index (χ4n) is 3.30. The molecule has 4 rings (SSSR count). The highest BCUT2D eigenvalue weighted by molar-refractivity contribution is 8.00. The van der Waals surface area contributed by atoms with Crippen molar-refractivity contribution in [2.24, 2.45) is 0 Å². The molecule has 1 fully saturated rings. The highest BCUT2D eigenvalue weighted by Gasteiger charge is 2.40. The lowest BCUT2D eigenvalue weighted by atomic mass is 10.2. The number of anilines is 1. The van der Waals surface area contributed by atoms with Crippen LogP contribution in [0.25, 0.3) is 0 Å². The molecule has 124 valence electrons. The minimum absolute atomic E-state index is 0.127. The molecule has 5 nitrogen and oxygen atoms in total.